The van der Waals surface area contributed by atoms with Gasteiger partial charge in [0.2, 0.25) is 10.0 Å². The molecule has 0 unspecified atom stereocenters. The highest BCUT2D eigenvalue weighted by Crippen LogP contribution is 2.15. The van der Waals surface area contributed by atoms with Gasteiger partial charge in [-0.3, -0.25) is 4.79 Å². The van der Waals surface area contributed by atoms with Crippen molar-refractivity contribution in [3.8, 4) is 0 Å². The molecule has 7 heteroatoms. The third-order valence-electron chi connectivity index (χ3n) is 2.79. The molecule has 0 saturated heterocycles. The Morgan fingerprint density at radius 3 is 2.60 bits per heavy atom. The smallest absolute Gasteiger partial charge is 0.306 e. The Morgan fingerprint density at radius 2 is 2.00 bits per heavy atom. The SMILES string of the molecule is CCOC(=O)CCS(=O)(=O)N(C)Cc1ccccc1N. The second-order valence-electron chi connectivity index (χ2n) is 4.33. The van der Waals surface area contributed by atoms with Crippen LogP contribution in [0.4, 0.5) is 5.69 Å². The van der Waals surface area contributed by atoms with E-state index in [4.69, 9.17) is 10.5 Å². The van der Waals surface area contributed by atoms with Gasteiger partial charge in [-0.25, -0.2) is 12.7 Å². The monoisotopic (exact) mass is 300 g/mol. The first-order valence-corrected chi connectivity index (χ1v) is 7.90. The molecule has 1 aromatic carbocycles. The summed E-state index contributed by atoms with van der Waals surface area (Å²) in [4.78, 5) is 11.2. The van der Waals surface area contributed by atoms with E-state index in [1.165, 1.54) is 11.4 Å². The molecule has 0 heterocycles. The molecule has 0 aliphatic rings. The molecule has 0 amide bonds. The number of anilines is 1. The molecule has 0 aliphatic carbocycles. The average molecular weight is 300 g/mol. The summed E-state index contributed by atoms with van der Waals surface area (Å²) in [6, 6.07) is 7.07. The Hall–Kier alpha value is -1.60. The van der Waals surface area contributed by atoms with Gasteiger partial charge < -0.3 is 10.5 Å². The summed E-state index contributed by atoms with van der Waals surface area (Å²) in [7, 11) is -2.05. The summed E-state index contributed by atoms with van der Waals surface area (Å²) in [6.07, 6.45) is -0.148. The molecule has 0 radical (unpaired) electrons. The van der Waals surface area contributed by atoms with Crippen LogP contribution >= 0.6 is 0 Å². The second kappa shape index (κ2) is 7.25. The van der Waals surface area contributed by atoms with Gasteiger partial charge in [-0.2, -0.15) is 0 Å². The molecule has 0 atom stereocenters. The highest BCUT2D eigenvalue weighted by Gasteiger charge is 2.20. The maximum absolute atomic E-state index is 12.0. The Morgan fingerprint density at radius 1 is 1.35 bits per heavy atom. The van der Waals surface area contributed by atoms with Gasteiger partial charge >= 0.3 is 5.97 Å². The number of esters is 1. The first-order chi connectivity index (χ1) is 9.36. The van der Waals surface area contributed by atoms with Gasteiger partial charge in [0.15, 0.2) is 0 Å². The van der Waals surface area contributed by atoms with Crippen molar-refractivity contribution >= 4 is 21.7 Å². The molecule has 0 fully saturated rings. The highest BCUT2D eigenvalue weighted by molar-refractivity contribution is 7.89. The molecular formula is C13H20N2O4S. The quantitative estimate of drug-likeness (QED) is 0.599. The molecule has 0 bridgehead atoms. The van der Waals surface area contributed by atoms with E-state index in [0.717, 1.165) is 5.56 Å². The third kappa shape index (κ3) is 4.82. The van der Waals surface area contributed by atoms with Gasteiger partial charge in [0.1, 0.15) is 0 Å². The molecule has 112 valence electrons. The number of nitrogens with two attached hydrogens (primary N) is 1. The van der Waals surface area contributed by atoms with Crippen molar-refractivity contribution in [2.24, 2.45) is 0 Å². The lowest BCUT2D eigenvalue weighted by Crippen LogP contribution is -2.30. The number of benzene rings is 1. The molecule has 6 nitrogen and oxygen atoms in total. The minimum Gasteiger partial charge on any atom is -0.466 e. The van der Waals surface area contributed by atoms with E-state index >= 15 is 0 Å². The largest absolute Gasteiger partial charge is 0.466 e. The number of nitrogens with zero attached hydrogens (tertiary/aromatic N) is 1. The minimum atomic E-state index is -3.51. The molecule has 1 rings (SSSR count). The van der Waals surface area contributed by atoms with E-state index in [1.54, 1.807) is 31.2 Å². The van der Waals surface area contributed by atoms with Gasteiger partial charge in [-0.1, -0.05) is 18.2 Å². The zero-order valence-electron chi connectivity index (χ0n) is 11.7. The van der Waals surface area contributed by atoms with Crippen LogP contribution < -0.4 is 5.73 Å². The normalized spacial score (nSPS) is 11.6. The lowest BCUT2D eigenvalue weighted by molar-refractivity contribution is -0.142. The summed E-state index contributed by atoms with van der Waals surface area (Å²) in [6.45, 7) is 2.10. The molecule has 0 aromatic heterocycles. The number of ether oxygens (including phenoxy) is 1. The summed E-state index contributed by atoms with van der Waals surface area (Å²) in [5.41, 5.74) is 7.05. The van der Waals surface area contributed by atoms with Gasteiger partial charge in [-0.15, -0.1) is 0 Å². The fourth-order valence-corrected chi connectivity index (χ4v) is 2.69. The van der Waals surface area contributed by atoms with Crippen LogP contribution in [-0.2, 0) is 26.1 Å². The lowest BCUT2D eigenvalue weighted by atomic mass is 10.2. The number of hydrogen-bond donors (Lipinski definition) is 1. The Kier molecular flexibility index (Phi) is 5.97. The Bertz CT molecular complexity index is 557. The van der Waals surface area contributed by atoms with Crippen LogP contribution in [0.1, 0.15) is 18.9 Å². The number of carbonyl (C=O) groups excluding carboxylic acids is 1. The Labute approximate surface area is 119 Å². The van der Waals surface area contributed by atoms with Crippen molar-refractivity contribution in [1.82, 2.24) is 4.31 Å². The predicted molar refractivity (Wildman–Crippen MR) is 77.4 cm³/mol. The lowest BCUT2D eigenvalue weighted by Gasteiger charge is -2.17. The third-order valence-corrected chi connectivity index (χ3v) is 4.59. The maximum Gasteiger partial charge on any atom is 0.306 e. The maximum atomic E-state index is 12.0. The fraction of sp³-hybridized carbons (Fsp3) is 0.462. The van der Waals surface area contributed by atoms with Gasteiger partial charge in [0.05, 0.1) is 18.8 Å². The van der Waals surface area contributed by atoms with E-state index in [-0.39, 0.29) is 25.3 Å². The van der Waals surface area contributed by atoms with Crippen LogP contribution in [-0.4, -0.2) is 38.1 Å². The van der Waals surface area contributed by atoms with Crippen LogP contribution in [0.2, 0.25) is 0 Å². The molecular weight excluding hydrogens is 280 g/mol. The number of carbonyl (C=O) groups is 1. The number of hydrogen-bond acceptors (Lipinski definition) is 5. The molecule has 1 aromatic rings. The molecule has 0 saturated carbocycles. The molecule has 2 N–H and O–H groups in total. The van der Waals surface area contributed by atoms with E-state index < -0.39 is 16.0 Å². The van der Waals surface area contributed by atoms with Gasteiger partial charge in [-0.05, 0) is 18.6 Å². The van der Waals surface area contributed by atoms with Crippen molar-refractivity contribution in [2.45, 2.75) is 19.9 Å². The number of sulfonamides is 1. The minimum absolute atomic E-state index is 0.148. The van der Waals surface area contributed by atoms with Crippen molar-refractivity contribution in [3.63, 3.8) is 0 Å². The van der Waals surface area contributed by atoms with Crippen LogP contribution in [0.25, 0.3) is 0 Å². The molecule has 0 spiro atoms. The van der Waals surface area contributed by atoms with Crippen LogP contribution in [0, 0.1) is 0 Å². The summed E-state index contributed by atoms with van der Waals surface area (Å²) >= 11 is 0. The van der Waals surface area contributed by atoms with Crippen LogP contribution in [0.15, 0.2) is 24.3 Å². The molecule has 0 aliphatic heterocycles. The Balaban J connectivity index is 2.63. The first kappa shape index (κ1) is 16.5. The average Bonchev–Trinajstić information content (AvgIpc) is 2.39. The fourth-order valence-electron chi connectivity index (χ4n) is 1.62. The number of nitrogen functional groups attached to an aromatic ring is 1. The zero-order valence-corrected chi connectivity index (χ0v) is 12.5. The van der Waals surface area contributed by atoms with Gasteiger partial charge in [0.25, 0.3) is 0 Å². The summed E-state index contributed by atoms with van der Waals surface area (Å²) < 4.78 is 30.0. The molecule has 20 heavy (non-hydrogen) atoms. The van der Waals surface area contributed by atoms with E-state index in [2.05, 4.69) is 0 Å². The van der Waals surface area contributed by atoms with Crippen molar-refractivity contribution < 1.29 is 17.9 Å². The van der Waals surface area contributed by atoms with Crippen LogP contribution in [0.3, 0.4) is 0 Å². The summed E-state index contributed by atoms with van der Waals surface area (Å²) in [5, 5.41) is 0. The van der Waals surface area contributed by atoms with E-state index in [9.17, 15) is 13.2 Å². The summed E-state index contributed by atoms with van der Waals surface area (Å²) in [5.74, 6) is -0.779. The first-order valence-electron chi connectivity index (χ1n) is 6.30. The van der Waals surface area contributed by atoms with Crippen LogP contribution in [0.5, 0.6) is 0 Å². The zero-order chi connectivity index (χ0) is 15.2. The standard InChI is InChI=1S/C13H20N2O4S/c1-3-19-13(16)8-9-20(17,18)15(2)10-11-6-4-5-7-12(11)14/h4-7H,3,8-10,14H2,1-2H3. The predicted octanol–water partition coefficient (Wildman–Crippen LogP) is 0.984. The highest BCUT2D eigenvalue weighted by atomic mass is 32.2. The van der Waals surface area contributed by atoms with Crippen molar-refractivity contribution in [3.05, 3.63) is 29.8 Å². The second-order valence-corrected chi connectivity index (χ2v) is 6.52. The number of rotatable bonds is 7. The number of para-hydroxylation sites is 1. The van der Waals surface area contributed by atoms with E-state index in [0.29, 0.717) is 5.69 Å². The van der Waals surface area contributed by atoms with Crippen molar-refractivity contribution in [1.29, 1.82) is 0 Å². The van der Waals surface area contributed by atoms with Crippen molar-refractivity contribution in [2.75, 3.05) is 25.1 Å². The topological polar surface area (TPSA) is 89.7 Å². The van der Waals surface area contributed by atoms with Gasteiger partial charge in [0, 0.05) is 19.3 Å². The van der Waals surface area contributed by atoms with E-state index in [1.807, 2.05) is 0 Å².